The van der Waals surface area contributed by atoms with Crippen LogP contribution < -0.4 is 5.43 Å². The minimum atomic E-state index is 0.150. The van der Waals surface area contributed by atoms with E-state index in [0.717, 1.165) is 6.42 Å². The Balaban J connectivity index is 4.16. The lowest BCUT2D eigenvalue weighted by atomic mass is 10.1. The molecule has 0 aliphatic carbocycles. The first-order valence-corrected chi connectivity index (χ1v) is 4.25. The Bertz CT molecular complexity index is 105. The van der Waals surface area contributed by atoms with Crippen LogP contribution in [0.15, 0.2) is 0 Å². The Kier molecular flexibility index (Phi) is 4.04. The molecule has 0 amide bonds. The van der Waals surface area contributed by atoms with Crippen molar-refractivity contribution in [2.45, 2.75) is 52.6 Å². The summed E-state index contributed by atoms with van der Waals surface area (Å²) >= 11 is 0. The van der Waals surface area contributed by atoms with E-state index < -0.39 is 0 Å². The van der Waals surface area contributed by atoms with Crippen molar-refractivity contribution in [1.82, 2.24) is 10.4 Å². The first-order valence-electron chi connectivity index (χ1n) is 4.25. The molecule has 1 radical (unpaired) electrons. The van der Waals surface area contributed by atoms with E-state index in [4.69, 9.17) is 0 Å². The lowest BCUT2D eigenvalue weighted by Gasteiger charge is -2.39. The molecule has 0 aromatic rings. The normalized spacial score (nSPS) is 15.5. The van der Waals surface area contributed by atoms with Crippen LogP contribution in [-0.4, -0.2) is 16.6 Å². The maximum Gasteiger partial charge on any atom is 0.0272 e. The first kappa shape index (κ1) is 10.9. The second-order valence-electron chi connectivity index (χ2n) is 3.96. The minimum Gasteiger partial charge on any atom is -0.253 e. The standard InChI is InChI=1S/C9H21N2/c1-7-8(2)11(10-6)9(3,4)5/h8,10H,6-7H2,1-5H3. The van der Waals surface area contributed by atoms with Crippen LogP contribution in [0, 0.1) is 7.05 Å². The Morgan fingerprint density at radius 3 is 2.00 bits per heavy atom. The van der Waals surface area contributed by atoms with E-state index in [9.17, 15) is 0 Å². The molecular formula is C9H21N2. The number of hydrogen-bond acceptors (Lipinski definition) is 2. The molecular weight excluding hydrogens is 136 g/mol. The zero-order chi connectivity index (χ0) is 9.07. The lowest BCUT2D eigenvalue weighted by Crippen LogP contribution is -2.52. The van der Waals surface area contributed by atoms with E-state index in [1.54, 1.807) is 0 Å². The Labute approximate surface area is 70.9 Å². The molecule has 0 saturated carbocycles. The van der Waals surface area contributed by atoms with Crippen LogP contribution in [0.4, 0.5) is 0 Å². The molecule has 0 heterocycles. The SMILES string of the molecule is [CH2]NN(C(C)CC)C(C)(C)C. The molecule has 0 aromatic heterocycles. The number of nitrogens with one attached hydrogen (secondary N) is 1. The molecule has 1 unspecified atom stereocenters. The Hall–Kier alpha value is -0.0800. The van der Waals surface area contributed by atoms with Gasteiger partial charge >= 0.3 is 0 Å². The molecule has 11 heavy (non-hydrogen) atoms. The third-order valence-electron chi connectivity index (χ3n) is 1.92. The van der Waals surface area contributed by atoms with Gasteiger partial charge in [-0.15, -0.1) is 0 Å². The van der Waals surface area contributed by atoms with Crippen molar-refractivity contribution >= 4 is 0 Å². The summed E-state index contributed by atoms with van der Waals surface area (Å²) in [6.45, 7) is 10.9. The van der Waals surface area contributed by atoms with Gasteiger partial charge in [-0.1, -0.05) is 6.92 Å². The largest absolute Gasteiger partial charge is 0.253 e. The Morgan fingerprint density at radius 2 is 1.91 bits per heavy atom. The van der Waals surface area contributed by atoms with Crippen molar-refractivity contribution in [1.29, 1.82) is 0 Å². The molecule has 0 rings (SSSR count). The van der Waals surface area contributed by atoms with E-state index in [1.165, 1.54) is 0 Å². The molecule has 2 nitrogen and oxygen atoms in total. The summed E-state index contributed by atoms with van der Waals surface area (Å²) in [5, 5.41) is 2.17. The molecule has 0 saturated heterocycles. The molecule has 0 spiro atoms. The summed E-state index contributed by atoms with van der Waals surface area (Å²) in [6.07, 6.45) is 1.14. The van der Waals surface area contributed by atoms with Crippen LogP contribution in [-0.2, 0) is 0 Å². The second-order valence-corrected chi connectivity index (χ2v) is 3.96. The predicted octanol–water partition coefficient (Wildman–Crippen LogP) is 2.18. The number of hydrogen-bond donors (Lipinski definition) is 1. The summed E-state index contributed by atoms with van der Waals surface area (Å²) in [5.74, 6) is 0. The number of hydrazine groups is 1. The quantitative estimate of drug-likeness (QED) is 0.632. The average molecular weight is 157 g/mol. The van der Waals surface area contributed by atoms with Gasteiger partial charge in [-0.2, -0.15) is 0 Å². The molecule has 0 bridgehead atoms. The van der Waals surface area contributed by atoms with Crippen LogP contribution >= 0.6 is 0 Å². The van der Waals surface area contributed by atoms with Gasteiger partial charge in [-0.25, -0.2) is 5.01 Å². The third-order valence-corrected chi connectivity index (χ3v) is 1.92. The van der Waals surface area contributed by atoms with E-state index in [-0.39, 0.29) is 5.54 Å². The molecule has 0 fully saturated rings. The van der Waals surface area contributed by atoms with Gasteiger partial charge in [0.2, 0.25) is 0 Å². The summed E-state index contributed by atoms with van der Waals surface area (Å²) in [6, 6.07) is 0.535. The fourth-order valence-electron chi connectivity index (χ4n) is 1.24. The molecule has 0 aliphatic heterocycles. The zero-order valence-corrected chi connectivity index (χ0v) is 8.44. The van der Waals surface area contributed by atoms with E-state index in [1.807, 2.05) is 0 Å². The van der Waals surface area contributed by atoms with Crippen LogP contribution in [0.1, 0.15) is 41.0 Å². The molecule has 1 atom stereocenters. The van der Waals surface area contributed by atoms with Gasteiger partial charge in [0.15, 0.2) is 0 Å². The van der Waals surface area contributed by atoms with Gasteiger partial charge in [0, 0.05) is 18.6 Å². The summed E-state index contributed by atoms with van der Waals surface area (Å²) in [5.41, 5.74) is 3.13. The highest BCUT2D eigenvalue weighted by Gasteiger charge is 2.23. The van der Waals surface area contributed by atoms with Crippen molar-refractivity contribution in [3.8, 4) is 0 Å². The second kappa shape index (κ2) is 4.07. The van der Waals surface area contributed by atoms with Gasteiger partial charge in [-0.3, -0.25) is 5.43 Å². The summed E-state index contributed by atoms with van der Waals surface area (Å²) < 4.78 is 0. The highest BCUT2D eigenvalue weighted by atomic mass is 15.5. The topological polar surface area (TPSA) is 15.3 Å². The highest BCUT2D eigenvalue weighted by Crippen LogP contribution is 2.15. The van der Waals surface area contributed by atoms with Gasteiger partial charge < -0.3 is 0 Å². The van der Waals surface area contributed by atoms with Gasteiger partial charge in [-0.05, 0) is 34.1 Å². The van der Waals surface area contributed by atoms with Crippen LogP contribution in [0.2, 0.25) is 0 Å². The predicted molar refractivity (Wildman–Crippen MR) is 49.8 cm³/mol. The molecule has 0 aliphatic rings. The average Bonchev–Trinajstić information content (AvgIpc) is 1.86. The molecule has 0 aromatic carbocycles. The van der Waals surface area contributed by atoms with E-state index in [0.29, 0.717) is 6.04 Å². The first-order chi connectivity index (χ1) is 4.93. The lowest BCUT2D eigenvalue weighted by molar-refractivity contribution is 0.0474. The van der Waals surface area contributed by atoms with Crippen molar-refractivity contribution in [2.24, 2.45) is 0 Å². The highest BCUT2D eigenvalue weighted by molar-refractivity contribution is 4.76. The maximum atomic E-state index is 3.70. The molecule has 1 N–H and O–H groups in total. The van der Waals surface area contributed by atoms with E-state index >= 15 is 0 Å². The monoisotopic (exact) mass is 157 g/mol. The molecule has 2 heteroatoms. The van der Waals surface area contributed by atoms with Gasteiger partial charge in [0.25, 0.3) is 0 Å². The summed E-state index contributed by atoms with van der Waals surface area (Å²) in [4.78, 5) is 0. The fourth-order valence-corrected chi connectivity index (χ4v) is 1.24. The smallest absolute Gasteiger partial charge is 0.0272 e. The summed E-state index contributed by atoms with van der Waals surface area (Å²) in [7, 11) is 3.70. The van der Waals surface area contributed by atoms with Crippen LogP contribution in [0.25, 0.3) is 0 Å². The van der Waals surface area contributed by atoms with Gasteiger partial charge in [0.05, 0.1) is 0 Å². The molecule has 67 valence electrons. The number of nitrogens with zero attached hydrogens (tertiary/aromatic N) is 1. The maximum absolute atomic E-state index is 3.70. The van der Waals surface area contributed by atoms with Crippen molar-refractivity contribution in [3.05, 3.63) is 7.05 Å². The van der Waals surface area contributed by atoms with Gasteiger partial charge in [0.1, 0.15) is 0 Å². The van der Waals surface area contributed by atoms with Crippen LogP contribution in [0.5, 0.6) is 0 Å². The van der Waals surface area contributed by atoms with Crippen molar-refractivity contribution in [2.75, 3.05) is 0 Å². The van der Waals surface area contributed by atoms with Crippen molar-refractivity contribution in [3.63, 3.8) is 0 Å². The zero-order valence-electron chi connectivity index (χ0n) is 8.44. The van der Waals surface area contributed by atoms with Crippen LogP contribution in [0.3, 0.4) is 0 Å². The Morgan fingerprint density at radius 1 is 1.45 bits per heavy atom. The van der Waals surface area contributed by atoms with Crippen molar-refractivity contribution < 1.29 is 0 Å². The minimum absolute atomic E-state index is 0.150. The number of rotatable bonds is 3. The fraction of sp³-hybridized carbons (Fsp3) is 0.889. The van der Waals surface area contributed by atoms with E-state index in [2.05, 4.69) is 52.1 Å². The third kappa shape index (κ3) is 3.21.